The van der Waals surface area contributed by atoms with Crippen LogP contribution in [0.5, 0.6) is 0 Å². The number of benzene rings is 1. The molecule has 1 saturated heterocycles. The maximum atomic E-state index is 12.0. The highest BCUT2D eigenvalue weighted by Crippen LogP contribution is 2.17. The summed E-state index contributed by atoms with van der Waals surface area (Å²) in [6, 6.07) is 7.60. The number of ether oxygens (including phenoxy) is 1. The average molecular weight is 287 g/mol. The van der Waals surface area contributed by atoms with Crippen LogP contribution in [0.4, 0.5) is 0 Å². The molecule has 0 aromatic heterocycles. The normalized spacial score (nSPS) is 18.7. The Hall–Kier alpha value is -1.83. The van der Waals surface area contributed by atoms with Crippen LogP contribution in [0.3, 0.4) is 0 Å². The van der Waals surface area contributed by atoms with Crippen molar-refractivity contribution >= 4 is 5.91 Å². The largest absolute Gasteiger partial charge is 0.384 e. The topological polar surface area (TPSA) is 58.6 Å². The summed E-state index contributed by atoms with van der Waals surface area (Å²) in [7, 11) is 0. The maximum absolute atomic E-state index is 12.0. The third-order valence-electron chi connectivity index (χ3n) is 3.51. The molecule has 1 amide bonds. The lowest BCUT2D eigenvalue weighted by molar-refractivity contribution is -0.123. The highest BCUT2D eigenvalue weighted by atomic mass is 16.5. The van der Waals surface area contributed by atoms with Crippen molar-refractivity contribution in [3.05, 3.63) is 35.4 Å². The summed E-state index contributed by atoms with van der Waals surface area (Å²) in [5.74, 6) is 5.51. The number of aliphatic hydroxyl groups is 1. The molecule has 0 spiro atoms. The number of rotatable bonds is 4. The van der Waals surface area contributed by atoms with Crippen LogP contribution in [0.1, 0.15) is 43.4 Å². The molecule has 0 bridgehead atoms. The highest BCUT2D eigenvalue weighted by Gasteiger charge is 2.20. The summed E-state index contributed by atoms with van der Waals surface area (Å²) >= 11 is 0. The van der Waals surface area contributed by atoms with Gasteiger partial charge in [-0.1, -0.05) is 24.0 Å². The molecule has 21 heavy (non-hydrogen) atoms. The predicted molar refractivity (Wildman–Crippen MR) is 80.6 cm³/mol. The third kappa shape index (κ3) is 4.89. The Morgan fingerprint density at radius 1 is 1.57 bits per heavy atom. The van der Waals surface area contributed by atoms with Crippen molar-refractivity contribution in [1.29, 1.82) is 0 Å². The second-order valence-electron chi connectivity index (χ2n) is 5.21. The quantitative estimate of drug-likeness (QED) is 0.830. The minimum atomic E-state index is -0.155. The maximum Gasteiger partial charge on any atom is 0.223 e. The number of hydrogen-bond donors (Lipinski definition) is 2. The monoisotopic (exact) mass is 287 g/mol. The molecular formula is C17H21NO3. The van der Waals surface area contributed by atoms with Gasteiger partial charge in [-0.3, -0.25) is 4.79 Å². The van der Waals surface area contributed by atoms with E-state index in [9.17, 15) is 4.79 Å². The van der Waals surface area contributed by atoms with E-state index in [0.29, 0.717) is 6.42 Å². The van der Waals surface area contributed by atoms with Gasteiger partial charge in [0.05, 0.1) is 18.6 Å². The highest BCUT2D eigenvalue weighted by molar-refractivity contribution is 5.77. The summed E-state index contributed by atoms with van der Waals surface area (Å²) in [6.45, 7) is 2.56. The van der Waals surface area contributed by atoms with E-state index in [1.54, 1.807) is 0 Å². The lowest BCUT2D eigenvalue weighted by Crippen LogP contribution is -2.29. The molecule has 0 aliphatic carbocycles. The lowest BCUT2D eigenvalue weighted by Gasteiger charge is -2.16. The lowest BCUT2D eigenvalue weighted by atomic mass is 10.0. The van der Waals surface area contributed by atoms with Crippen LogP contribution in [0.2, 0.25) is 0 Å². The van der Waals surface area contributed by atoms with Crippen LogP contribution in [-0.2, 0) is 9.53 Å². The van der Waals surface area contributed by atoms with Crippen LogP contribution in [-0.4, -0.2) is 30.3 Å². The first-order chi connectivity index (χ1) is 10.2. The van der Waals surface area contributed by atoms with Crippen LogP contribution >= 0.6 is 0 Å². The van der Waals surface area contributed by atoms with Crippen molar-refractivity contribution in [2.24, 2.45) is 0 Å². The second-order valence-corrected chi connectivity index (χ2v) is 5.21. The number of amides is 1. The first kappa shape index (κ1) is 15.6. The van der Waals surface area contributed by atoms with E-state index in [4.69, 9.17) is 9.84 Å². The summed E-state index contributed by atoms with van der Waals surface area (Å²) in [4.78, 5) is 12.0. The molecule has 1 fully saturated rings. The SMILES string of the molecule is CC(NC(=O)CC1CCCO1)c1cccc(C#CCO)c1. The molecule has 1 aromatic rings. The van der Waals surface area contributed by atoms with Gasteiger partial charge in [0.2, 0.25) is 5.91 Å². The summed E-state index contributed by atoms with van der Waals surface area (Å²) in [6.07, 6.45) is 2.50. The molecule has 2 rings (SSSR count). The van der Waals surface area contributed by atoms with E-state index < -0.39 is 0 Å². The zero-order valence-electron chi connectivity index (χ0n) is 12.3. The smallest absolute Gasteiger partial charge is 0.223 e. The van der Waals surface area contributed by atoms with Crippen LogP contribution in [0.15, 0.2) is 24.3 Å². The molecule has 2 unspecified atom stereocenters. The Bertz CT molecular complexity index is 538. The first-order valence-electron chi connectivity index (χ1n) is 7.29. The van der Waals surface area contributed by atoms with Gasteiger partial charge in [-0.25, -0.2) is 0 Å². The van der Waals surface area contributed by atoms with Gasteiger partial charge >= 0.3 is 0 Å². The molecule has 0 saturated carbocycles. The average Bonchev–Trinajstić information content (AvgIpc) is 2.98. The standard InChI is InChI=1S/C17H21NO3/c1-13(18-17(20)12-16-8-4-10-21-16)15-7-2-5-14(11-15)6-3-9-19/h2,5,7,11,13,16,19H,4,8-10,12H2,1H3,(H,18,20). The second kappa shape index (κ2) is 7.82. The molecule has 0 radical (unpaired) electrons. The van der Waals surface area contributed by atoms with Crippen molar-refractivity contribution in [1.82, 2.24) is 5.32 Å². The zero-order chi connectivity index (χ0) is 15.1. The van der Waals surface area contributed by atoms with Gasteiger partial charge in [0.25, 0.3) is 0 Å². The molecule has 4 heteroatoms. The predicted octanol–water partition coefficient (Wildman–Crippen LogP) is 1.78. The molecule has 1 aromatic carbocycles. The number of hydrogen-bond acceptors (Lipinski definition) is 3. The van der Waals surface area contributed by atoms with Gasteiger partial charge in [-0.2, -0.15) is 0 Å². The van der Waals surface area contributed by atoms with Crippen molar-refractivity contribution in [3.63, 3.8) is 0 Å². The minimum absolute atomic E-state index is 0.0150. The molecule has 4 nitrogen and oxygen atoms in total. The van der Waals surface area contributed by atoms with Gasteiger partial charge < -0.3 is 15.2 Å². The van der Waals surface area contributed by atoms with Gasteiger partial charge in [-0.15, -0.1) is 0 Å². The van der Waals surface area contributed by atoms with E-state index >= 15 is 0 Å². The van der Waals surface area contributed by atoms with Crippen LogP contribution in [0.25, 0.3) is 0 Å². The van der Waals surface area contributed by atoms with E-state index in [0.717, 1.165) is 30.6 Å². The molecule has 2 atom stereocenters. The molecular weight excluding hydrogens is 266 g/mol. The fraction of sp³-hybridized carbons (Fsp3) is 0.471. The Morgan fingerprint density at radius 3 is 3.14 bits per heavy atom. The number of carbonyl (C=O) groups excluding carboxylic acids is 1. The Kier molecular flexibility index (Phi) is 5.79. The number of carbonyl (C=O) groups is 1. The Balaban J connectivity index is 1.92. The van der Waals surface area contributed by atoms with Crippen LogP contribution in [0, 0.1) is 11.8 Å². The molecule has 112 valence electrons. The Labute approximate surface area is 125 Å². The van der Waals surface area contributed by atoms with Gasteiger partial charge in [-0.05, 0) is 37.5 Å². The zero-order valence-corrected chi connectivity index (χ0v) is 12.3. The number of nitrogens with one attached hydrogen (secondary N) is 1. The molecule has 1 heterocycles. The van der Waals surface area contributed by atoms with E-state index in [2.05, 4.69) is 17.2 Å². The summed E-state index contributed by atoms with van der Waals surface area (Å²) < 4.78 is 5.47. The van der Waals surface area contributed by atoms with E-state index in [1.807, 2.05) is 31.2 Å². The van der Waals surface area contributed by atoms with Crippen molar-refractivity contribution < 1.29 is 14.6 Å². The fourth-order valence-corrected chi connectivity index (χ4v) is 2.42. The summed E-state index contributed by atoms with van der Waals surface area (Å²) in [5, 5.41) is 11.7. The van der Waals surface area contributed by atoms with Crippen LogP contribution < -0.4 is 5.32 Å². The van der Waals surface area contributed by atoms with E-state index in [1.165, 1.54) is 0 Å². The Morgan fingerprint density at radius 2 is 2.43 bits per heavy atom. The summed E-state index contributed by atoms with van der Waals surface area (Å²) in [5.41, 5.74) is 1.84. The van der Waals surface area contributed by atoms with Gasteiger partial charge in [0.1, 0.15) is 6.61 Å². The molecule has 1 aliphatic rings. The van der Waals surface area contributed by atoms with Crippen molar-refractivity contribution in [2.45, 2.75) is 38.3 Å². The van der Waals surface area contributed by atoms with Crippen molar-refractivity contribution in [2.75, 3.05) is 13.2 Å². The minimum Gasteiger partial charge on any atom is -0.384 e. The van der Waals surface area contributed by atoms with E-state index in [-0.39, 0.29) is 24.7 Å². The first-order valence-corrected chi connectivity index (χ1v) is 7.29. The fourth-order valence-electron chi connectivity index (χ4n) is 2.42. The molecule has 2 N–H and O–H groups in total. The number of aliphatic hydroxyl groups excluding tert-OH is 1. The van der Waals surface area contributed by atoms with Gasteiger partial charge in [0.15, 0.2) is 0 Å². The third-order valence-corrected chi connectivity index (χ3v) is 3.51. The van der Waals surface area contributed by atoms with Crippen molar-refractivity contribution in [3.8, 4) is 11.8 Å². The van der Waals surface area contributed by atoms with Gasteiger partial charge in [0, 0.05) is 12.2 Å². The molecule has 1 aliphatic heterocycles.